The highest BCUT2D eigenvalue weighted by Crippen LogP contribution is 2.48. The molecule has 3 fully saturated rings. The Morgan fingerprint density at radius 3 is 2.44 bits per heavy atom. The summed E-state index contributed by atoms with van der Waals surface area (Å²) < 4.78 is 39.2. The monoisotopic (exact) mass is 392 g/mol. The van der Waals surface area contributed by atoms with Gasteiger partial charge >= 0.3 is 0 Å². The van der Waals surface area contributed by atoms with Crippen LogP contribution >= 0.6 is 0 Å². The van der Waals surface area contributed by atoms with Gasteiger partial charge in [-0.2, -0.15) is 4.31 Å². The van der Waals surface area contributed by atoms with Gasteiger partial charge in [0.2, 0.25) is 10.0 Å². The fourth-order valence-corrected chi connectivity index (χ4v) is 5.81. The maximum absolute atomic E-state index is 13.1. The number of amides is 1. The van der Waals surface area contributed by atoms with Crippen LogP contribution in [0.4, 0.5) is 5.69 Å². The van der Waals surface area contributed by atoms with E-state index in [1.54, 1.807) is 27.4 Å². The Labute approximate surface area is 159 Å². The molecule has 7 nitrogen and oxygen atoms in total. The van der Waals surface area contributed by atoms with Crippen molar-refractivity contribution in [1.29, 1.82) is 0 Å². The first-order valence-corrected chi connectivity index (χ1v) is 11.2. The quantitative estimate of drug-likeness (QED) is 0.781. The predicted molar refractivity (Wildman–Crippen MR) is 97.7 cm³/mol. The van der Waals surface area contributed by atoms with Gasteiger partial charge < -0.3 is 14.4 Å². The average Bonchev–Trinajstić information content (AvgIpc) is 3.32. The molecular weight excluding hydrogens is 368 g/mol. The molecule has 1 aliphatic carbocycles. The zero-order chi connectivity index (χ0) is 18.6. The molecule has 27 heavy (non-hydrogen) atoms. The number of nitrogens with zero attached hydrogens (tertiary/aromatic N) is 2. The van der Waals surface area contributed by atoms with Crippen LogP contribution in [0.15, 0.2) is 23.1 Å². The van der Waals surface area contributed by atoms with Crippen molar-refractivity contribution in [3.63, 3.8) is 0 Å². The van der Waals surface area contributed by atoms with Gasteiger partial charge in [0.05, 0.1) is 23.8 Å². The molecule has 0 aromatic heterocycles. The number of rotatable bonds is 4. The van der Waals surface area contributed by atoms with Gasteiger partial charge in [-0.3, -0.25) is 4.79 Å². The van der Waals surface area contributed by atoms with Crippen molar-refractivity contribution in [1.82, 2.24) is 4.31 Å². The molecule has 8 heteroatoms. The normalized spacial score (nSPS) is 25.3. The molecule has 4 aliphatic rings. The molecular formula is C19H24N2O5S. The summed E-state index contributed by atoms with van der Waals surface area (Å²) in [6.07, 6.45) is 5.07. The van der Waals surface area contributed by atoms with Gasteiger partial charge in [-0.05, 0) is 49.8 Å². The third kappa shape index (κ3) is 2.73. The van der Waals surface area contributed by atoms with Crippen LogP contribution in [0.3, 0.4) is 0 Å². The molecule has 2 saturated heterocycles. The number of hydrogen-bond acceptors (Lipinski definition) is 5. The maximum atomic E-state index is 13.1. The van der Waals surface area contributed by atoms with E-state index in [9.17, 15) is 13.2 Å². The van der Waals surface area contributed by atoms with E-state index in [2.05, 4.69) is 0 Å². The zero-order valence-corrected chi connectivity index (χ0v) is 16.0. The van der Waals surface area contributed by atoms with Crippen LogP contribution in [0.25, 0.3) is 0 Å². The number of carbonyl (C=O) groups excluding carboxylic acids is 1. The lowest BCUT2D eigenvalue weighted by atomic mass is 10.1. The second kappa shape index (κ2) is 6.27. The van der Waals surface area contributed by atoms with Gasteiger partial charge in [0.25, 0.3) is 11.7 Å². The average molecular weight is 392 g/mol. The molecule has 1 saturated carbocycles. The van der Waals surface area contributed by atoms with E-state index >= 15 is 0 Å². The van der Waals surface area contributed by atoms with Crippen LogP contribution in [0.2, 0.25) is 0 Å². The molecule has 0 radical (unpaired) electrons. The van der Waals surface area contributed by atoms with Crippen molar-refractivity contribution in [3.05, 3.63) is 23.8 Å². The highest BCUT2D eigenvalue weighted by molar-refractivity contribution is 7.89. The Morgan fingerprint density at radius 2 is 1.78 bits per heavy atom. The van der Waals surface area contributed by atoms with Gasteiger partial charge in [-0.1, -0.05) is 6.42 Å². The largest absolute Gasteiger partial charge is 0.336 e. The van der Waals surface area contributed by atoms with Crippen LogP contribution in [0.5, 0.6) is 0 Å². The minimum absolute atomic E-state index is 0.211. The molecule has 3 heterocycles. The predicted octanol–water partition coefficient (Wildman–Crippen LogP) is 1.82. The first-order chi connectivity index (χ1) is 13.0. The number of ether oxygens (including phenoxy) is 2. The minimum Gasteiger partial charge on any atom is -0.336 e. The Balaban J connectivity index is 1.56. The number of piperidine rings is 1. The summed E-state index contributed by atoms with van der Waals surface area (Å²) in [5.41, 5.74) is 1.25. The fraction of sp³-hybridized carbons (Fsp3) is 0.632. The maximum Gasteiger partial charge on any atom is 0.292 e. The van der Waals surface area contributed by atoms with Gasteiger partial charge in [0, 0.05) is 25.2 Å². The minimum atomic E-state index is -3.58. The second-order valence-electron chi connectivity index (χ2n) is 7.82. The van der Waals surface area contributed by atoms with E-state index in [1.807, 2.05) is 0 Å². The van der Waals surface area contributed by atoms with Crippen LogP contribution in [-0.2, 0) is 30.1 Å². The van der Waals surface area contributed by atoms with E-state index in [-0.39, 0.29) is 10.8 Å². The molecule has 3 aliphatic heterocycles. The van der Waals surface area contributed by atoms with E-state index < -0.39 is 15.8 Å². The van der Waals surface area contributed by atoms with Gasteiger partial charge in [-0.25, -0.2) is 8.42 Å². The van der Waals surface area contributed by atoms with Crippen LogP contribution in [0, 0.1) is 5.92 Å². The molecule has 1 aromatic carbocycles. The number of sulfonamides is 1. The zero-order valence-electron chi connectivity index (χ0n) is 15.2. The number of benzene rings is 1. The molecule has 1 aromatic rings. The van der Waals surface area contributed by atoms with Gasteiger partial charge in [0.15, 0.2) is 0 Å². The van der Waals surface area contributed by atoms with Crippen molar-refractivity contribution >= 4 is 21.6 Å². The Hall–Kier alpha value is -1.48. The first-order valence-electron chi connectivity index (χ1n) is 9.77. The standard InChI is InChI=1S/C19H24N2O5S/c22-18-19(25-10-11-26-19)16-12-15(27(23,24)20-8-2-1-3-9-20)6-7-17(16)21(18)13-14-4-5-14/h6-7,12,14H,1-5,8-11,13H2. The van der Waals surface area contributed by atoms with Crippen molar-refractivity contribution in [2.24, 2.45) is 5.92 Å². The lowest BCUT2D eigenvalue weighted by molar-refractivity contribution is -0.180. The summed E-state index contributed by atoms with van der Waals surface area (Å²) in [6, 6.07) is 4.95. The summed E-state index contributed by atoms with van der Waals surface area (Å²) in [5.74, 6) is -1.19. The van der Waals surface area contributed by atoms with E-state index in [4.69, 9.17) is 9.47 Å². The molecule has 5 rings (SSSR count). The van der Waals surface area contributed by atoms with Gasteiger partial charge in [-0.15, -0.1) is 0 Å². The molecule has 0 N–H and O–H groups in total. The second-order valence-corrected chi connectivity index (χ2v) is 9.75. The lowest BCUT2D eigenvalue weighted by Crippen LogP contribution is -2.42. The van der Waals surface area contributed by atoms with Crippen LogP contribution in [0.1, 0.15) is 37.7 Å². The third-order valence-corrected chi connectivity index (χ3v) is 7.82. The van der Waals surface area contributed by atoms with Crippen LogP contribution < -0.4 is 4.90 Å². The summed E-state index contributed by atoms with van der Waals surface area (Å²) in [7, 11) is -3.58. The van der Waals surface area contributed by atoms with Crippen molar-refractivity contribution in [2.75, 3.05) is 37.7 Å². The summed E-state index contributed by atoms with van der Waals surface area (Å²) >= 11 is 0. The fourth-order valence-electron chi connectivity index (χ4n) is 4.26. The van der Waals surface area contributed by atoms with Crippen molar-refractivity contribution in [2.45, 2.75) is 42.8 Å². The Kier molecular flexibility index (Phi) is 4.09. The molecule has 0 atom stereocenters. The van der Waals surface area contributed by atoms with E-state index in [0.29, 0.717) is 50.0 Å². The Morgan fingerprint density at radius 1 is 1.07 bits per heavy atom. The first kappa shape index (κ1) is 17.6. The smallest absolute Gasteiger partial charge is 0.292 e. The highest BCUT2D eigenvalue weighted by Gasteiger charge is 2.57. The third-order valence-electron chi connectivity index (χ3n) is 5.92. The SMILES string of the molecule is O=C1N(CC2CC2)c2ccc(S(=O)(=O)N3CCCCC3)cc2C12OCCO2. The molecule has 146 valence electrons. The number of anilines is 1. The summed E-state index contributed by atoms with van der Waals surface area (Å²) in [4.78, 5) is 15.1. The van der Waals surface area contributed by atoms with Crippen LogP contribution in [-0.4, -0.2) is 51.5 Å². The number of fused-ring (bicyclic) bond motifs is 2. The summed E-state index contributed by atoms with van der Waals surface area (Å²) in [5, 5.41) is 0. The number of carbonyl (C=O) groups is 1. The molecule has 0 unspecified atom stereocenters. The highest BCUT2D eigenvalue weighted by atomic mass is 32.2. The lowest BCUT2D eigenvalue weighted by Gasteiger charge is -2.26. The van der Waals surface area contributed by atoms with Gasteiger partial charge in [0.1, 0.15) is 0 Å². The topological polar surface area (TPSA) is 76.2 Å². The molecule has 0 bridgehead atoms. The van der Waals surface area contributed by atoms with E-state index in [0.717, 1.165) is 32.1 Å². The number of hydrogen-bond donors (Lipinski definition) is 0. The van der Waals surface area contributed by atoms with E-state index in [1.165, 1.54) is 0 Å². The summed E-state index contributed by atoms with van der Waals surface area (Å²) in [6.45, 7) is 2.38. The van der Waals surface area contributed by atoms with Crippen molar-refractivity contribution in [3.8, 4) is 0 Å². The molecule has 1 amide bonds. The van der Waals surface area contributed by atoms with Crippen molar-refractivity contribution < 1.29 is 22.7 Å². The Bertz CT molecular complexity index is 868. The molecule has 1 spiro atoms.